The number of carbonyl (C=O) groups excluding carboxylic acids is 1. The van der Waals surface area contributed by atoms with Crippen LogP contribution < -0.4 is 20.7 Å². The number of benzene rings is 4. The van der Waals surface area contributed by atoms with Gasteiger partial charge in [0, 0.05) is 24.7 Å². The van der Waals surface area contributed by atoms with Crippen molar-refractivity contribution < 1.29 is 24.2 Å². The van der Waals surface area contributed by atoms with Gasteiger partial charge in [-0.2, -0.15) is 5.10 Å². The van der Waals surface area contributed by atoms with Crippen LogP contribution in [0.15, 0.2) is 122 Å². The van der Waals surface area contributed by atoms with Crippen molar-refractivity contribution >= 4 is 17.7 Å². The molecule has 0 bridgehead atoms. The largest absolute Gasteiger partial charge is 0.491 e. The van der Waals surface area contributed by atoms with Gasteiger partial charge in [-0.15, -0.1) is 0 Å². The molecule has 1 aromatic heterocycles. The molecule has 11 heteroatoms. The number of nitrogens with zero attached hydrogens (tertiary/aromatic N) is 3. The van der Waals surface area contributed by atoms with Gasteiger partial charge in [0.1, 0.15) is 37.2 Å². The number of para-hydroxylation sites is 1. The number of nitrogens with one attached hydrogen (secondary N) is 3. The summed E-state index contributed by atoms with van der Waals surface area (Å²) >= 11 is 0. The molecule has 2 heterocycles. The van der Waals surface area contributed by atoms with Crippen LogP contribution in [0.1, 0.15) is 29.0 Å². The molecule has 1 fully saturated rings. The third kappa shape index (κ3) is 8.44. The van der Waals surface area contributed by atoms with E-state index in [0.717, 1.165) is 34.5 Å². The highest BCUT2D eigenvalue weighted by atomic mass is 16.5. The van der Waals surface area contributed by atoms with Crippen molar-refractivity contribution in [2.24, 2.45) is 0 Å². The molecule has 11 nitrogen and oxygen atoms in total. The zero-order valence-electron chi connectivity index (χ0n) is 26.3. The van der Waals surface area contributed by atoms with Crippen LogP contribution in [-0.4, -0.2) is 69.8 Å². The van der Waals surface area contributed by atoms with Gasteiger partial charge >= 0.3 is 6.09 Å². The number of aryl methyl sites for hydroxylation is 1. The van der Waals surface area contributed by atoms with Crippen molar-refractivity contribution in [3.05, 3.63) is 139 Å². The molecular formula is C37H38N6O5. The Morgan fingerprint density at radius 3 is 2.23 bits per heavy atom. The standard InChI is InChI=1S/C37H38N6O5/c44-36(35(42-37(45)46)34(27-10-3-1-4-11-27)28-12-5-2-6-13-28)41-33-14-8-7-9-26(33)15-18-31-21-38-22-32(48-31)23-47-30-19-16-29(17-20-30)43-25-39-24-40-43/h1-14,16-17,19-20,24-25,31-32,34-35,38,42H,15,18,21-23H2,(H,41,44)(H,45,46)/t31-,32+,35+/m1/s1. The second-order valence-corrected chi connectivity index (χ2v) is 11.6. The van der Waals surface area contributed by atoms with E-state index in [4.69, 9.17) is 9.47 Å². The van der Waals surface area contributed by atoms with Gasteiger partial charge in [-0.05, 0) is 59.9 Å². The molecule has 2 amide bonds. The number of ether oxygens (including phenoxy) is 2. The Kier molecular flexibility index (Phi) is 10.7. The van der Waals surface area contributed by atoms with E-state index in [9.17, 15) is 14.7 Å². The van der Waals surface area contributed by atoms with E-state index in [1.807, 2.05) is 109 Å². The highest BCUT2D eigenvalue weighted by Crippen LogP contribution is 2.30. The highest BCUT2D eigenvalue weighted by molar-refractivity contribution is 5.98. The third-order valence-electron chi connectivity index (χ3n) is 8.31. The van der Waals surface area contributed by atoms with Crippen LogP contribution in [0.5, 0.6) is 5.75 Å². The first-order chi connectivity index (χ1) is 23.5. The van der Waals surface area contributed by atoms with Gasteiger partial charge < -0.3 is 30.5 Å². The second-order valence-electron chi connectivity index (χ2n) is 11.6. The molecule has 4 N–H and O–H groups in total. The van der Waals surface area contributed by atoms with Crippen molar-refractivity contribution in [1.29, 1.82) is 0 Å². The van der Waals surface area contributed by atoms with E-state index < -0.39 is 24.0 Å². The summed E-state index contributed by atoms with van der Waals surface area (Å²) in [5.41, 5.74) is 4.13. The average molecular weight is 647 g/mol. The summed E-state index contributed by atoms with van der Waals surface area (Å²) in [6, 6.07) is 33.1. The summed E-state index contributed by atoms with van der Waals surface area (Å²) in [5.74, 6) is -0.237. The number of carboxylic acid groups (broad SMARTS) is 1. The van der Waals surface area contributed by atoms with E-state index in [1.54, 1.807) is 11.0 Å². The molecular weight excluding hydrogens is 608 g/mol. The molecule has 48 heavy (non-hydrogen) atoms. The van der Waals surface area contributed by atoms with E-state index in [0.29, 0.717) is 31.8 Å². The number of carbonyl (C=O) groups is 2. The number of aromatic nitrogens is 3. The second kappa shape index (κ2) is 15.9. The summed E-state index contributed by atoms with van der Waals surface area (Å²) in [6.07, 6.45) is 3.06. The van der Waals surface area contributed by atoms with Crippen molar-refractivity contribution in [3.63, 3.8) is 0 Å². The van der Waals surface area contributed by atoms with Crippen molar-refractivity contribution in [3.8, 4) is 11.4 Å². The maximum absolute atomic E-state index is 13.9. The third-order valence-corrected chi connectivity index (χ3v) is 8.31. The van der Waals surface area contributed by atoms with Crippen LogP contribution in [-0.2, 0) is 16.0 Å². The molecule has 1 saturated heterocycles. The lowest BCUT2D eigenvalue weighted by Gasteiger charge is -2.31. The number of hydrogen-bond donors (Lipinski definition) is 4. The monoisotopic (exact) mass is 646 g/mol. The SMILES string of the molecule is O=C(O)N[C@H](C(=O)Nc1ccccc1CC[C@@H]1CNC[C@@H](COc2ccc(-n3cncn3)cc2)O1)C(c1ccccc1)c1ccccc1. The van der Waals surface area contributed by atoms with Crippen molar-refractivity contribution in [1.82, 2.24) is 25.4 Å². The number of rotatable bonds is 13. The van der Waals surface area contributed by atoms with Crippen LogP contribution in [0.2, 0.25) is 0 Å². The molecule has 1 aliphatic rings. The maximum atomic E-state index is 13.9. The summed E-state index contributed by atoms with van der Waals surface area (Å²) in [5, 5.41) is 22.9. The van der Waals surface area contributed by atoms with Crippen LogP contribution in [0.25, 0.3) is 5.69 Å². The lowest BCUT2D eigenvalue weighted by molar-refractivity contribution is -0.118. The fourth-order valence-corrected chi connectivity index (χ4v) is 5.99. The molecule has 246 valence electrons. The van der Waals surface area contributed by atoms with Gasteiger partial charge in [0.15, 0.2) is 0 Å². The molecule has 0 radical (unpaired) electrons. The fraction of sp³-hybridized carbons (Fsp3) is 0.243. The molecule has 6 rings (SSSR count). The van der Waals surface area contributed by atoms with Gasteiger partial charge in [0.2, 0.25) is 5.91 Å². The predicted octanol–water partition coefficient (Wildman–Crippen LogP) is 5.04. The fourth-order valence-electron chi connectivity index (χ4n) is 5.99. The number of hydrogen-bond acceptors (Lipinski definition) is 7. The molecule has 0 unspecified atom stereocenters. The molecule has 4 aromatic carbocycles. The minimum atomic E-state index is -1.27. The Morgan fingerprint density at radius 1 is 0.896 bits per heavy atom. The van der Waals surface area contributed by atoms with Gasteiger partial charge in [0.05, 0.1) is 11.8 Å². The Labute approximate surface area is 278 Å². The molecule has 0 saturated carbocycles. The minimum absolute atomic E-state index is 0.0484. The first-order valence-corrected chi connectivity index (χ1v) is 16.0. The zero-order valence-corrected chi connectivity index (χ0v) is 26.3. The number of anilines is 1. The number of morpholine rings is 1. The van der Waals surface area contributed by atoms with Crippen LogP contribution >= 0.6 is 0 Å². The quantitative estimate of drug-likeness (QED) is 0.140. The lowest BCUT2D eigenvalue weighted by Crippen LogP contribution is -2.47. The summed E-state index contributed by atoms with van der Waals surface area (Å²) in [7, 11) is 0. The Hall–Kier alpha value is -5.52. The predicted molar refractivity (Wildman–Crippen MR) is 181 cm³/mol. The first kappa shape index (κ1) is 32.4. The summed E-state index contributed by atoms with van der Waals surface area (Å²) < 4.78 is 14.1. The van der Waals surface area contributed by atoms with Crippen molar-refractivity contribution in [2.45, 2.75) is 37.0 Å². The Bertz CT molecular complexity index is 1710. The van der Waals surface area contributed by atoms with E-state index in [-0.39, 0.29) is 12.2 Å². The summed E-state index contributed by atoms with van der Waals surface area (Å²) in [6.45, 7) is 1.79. The van der Waals surface area contributed by atoms with Crippen molar-refractivity contribution in [2.75, 3.05) is 25.0 Å². The maximum Gasteiger partial charge on any atom is 0.405 e. The van der Waals surface area contributed by atoms with Gasteiger partial charge in [-0.1, -0.05) is 78.9 Å². The van der Waals surface area contributed by atoms with E-state index >= 15 is 0 Å². The Balaban J connectivity index is 1.08. The van der Waals surface area contributed by atoms with E-state index in [2.05, 4.69) is 26.0 Å². The van der Waals surface area contributed by atoms with Gasteiger partial charge in [-0.3, -0.25) is 4.79 Å². The topological polar surface area (TPSA) is 140 Å². The number of amides is 2. The van der Waals surface area contributed by atoms with Crippen LogP contribution in [0.4, 0.5) is 10.5 Å². The smallest absolute Gasteiger partial charge is 0.405 e. The van der Waals surface area contributed by atoms with Crippen LogP contribution in [0, 0.1) is 0 Å². The highest BCUT2D eigenvalue weighted by Gasteiger charge is 2.33. The van der Waals surface area contributed by atoms with E-state index in [1.165, 1.54) is 6.33 Å². The van der Waals surface area contributed by atoms with Crippen LogP contribution in [0.3, 0.4) is 0 Å². The summed E-state index contributed by atoms with van der Waals surface area (Å²) in [4.78, 5) is 29.9. The lowest BCUT2D eigenvalue weighted by atomic mass is 9.84. The minimum Gasteiger partial charge on any atom is -0.491 e. The molecule has 5 aromatic rings. The normalized spacial score (nSPS) is 16.6. The Morgan fingerprint density at radius 2 is 1.56 bits per heavy atom. The first-order valence-electron chi connectivity index (χ1n) is 16.0. The van der Waals surface area contributed by atoms with Gasteiger partial charge in [0.25, 0.3) is 0 Å². The van der Waals surface area contributed by atoms with Gasteiger partial charge in [-0.25, -0.2) is 14.5 Å². The molecule has 3 atom stereocenters. The molecule has 1 aliphatic heterocycles. The molecule has 0 aliphatic carbocycles. The zero-order chi connectivity index (χ0) is 33.1. The average Bonchev–Trinajstić information content (AvgIpc) is 3.67. The molecule has 0 spiro atoms.